The van der Waals surface area contributed by atoms with Gasteiger partial charge in [-0.05, 0) is 37.5 Å². The number of hydrogen-bond acceptors (Lipinski definition) is 3. The van der Waals surface area contributed by atoms with Crippen molar-refractivity contribution in [1.29, 1.82) is 0 Å². The van der Waals surface area contributed by atoms with E-state index in [1.807, 2.05) is 11.8 Å². The molecule has 1 N–H and O–H groups in total. The molecule has 0 spiro atoms. The van der Waals surface area contributed by atoms with Crippen molar-refractivity contribution in [3.05, 3.63) is 35.6 Å². The van der Waals surface area contributed by atoms with Gasteiger partial charge in [0.25, 0.3) is 0 Å². The summed E-state index contributed by atoms with van der Waals surface area (Å²) in [5, 5.41) is 3.25. The Balaban J connectivity index is 1.62. The smallest absolute Gasteiger partial charge is 0.236 e. The van der Waals surface area contributed by atoms with E-state index in [4.69, 9.17) is 4.74 Å². The van der Waals surface area contributed by atoms with Crippen molar-refractivity contribution in [3.8, 4) is 0 Å². The summed E-state index contributed by atoms with van der Waals surface area (Å²) in [4.78, 5) is 14.1. The lowest BCUT2D eigenvalue weighted by atomic mass is 10.1. The van der Waals surface area contributed by atoms with Gasteiger partial charge >= 0.3 is 0 Å². The summed E-state index contributed by atoms with van der Waals surface area (Å²) >= 11 is 0. The number of carbonyl (C=O) groups is 1. The Morgan fingerprint density at radius 1 is 1.33 bits per heavy atom. The highest BCUT2D eigenvalue weighted by molar-refractivity contribution is 5.78. The van der Waals surface area contributed by atoms with Crippen molar-refractivity contribution in [2.75, 3.05) is 19.6 Å². The number of halogens is 1. The topological polar surface area (TPSA) is 41.6 Å². The zero-order chi connectivity index (χ0) is 14.8. The fourth-order valence-corrected chi connectivity index (χ4v) is 2.65. The summed E-state index contributed by atoms with van der Waals surface area (Å²) in [6.45, 7) is 3.50. The van der Waals surface area contributed by atoms with Gasteiger partial charge in [-0.15, -0.1) is 0 Å². The van der Waals surface area contributed by atoms with Crippen LogP contribution in [0.25, 0.3) is 0 Å². The minimum atomic E-state index is -0.260. The van der Waals surface area contributed by atoms with Crippen molar-refractivity contribution in [3.63, 3.8) is 0 Å². The van der Waals surface area contributed by atoms with Gasteiger partial charge in [0.15, 0.2) is 0 Å². The summed E-state index contributed by atoms with van der Waals surface area (Å²) in [7, 11) is 0. The van der Waals surface area contributed by atoms with Gasteiger partial charge in [-0.25, -0.2) is 4.39 Å². The van der Waals surface area contributed by atoms with Crippen LogP contribution < -0.4 is 5.32 Å². The minimum absolute atomic E-state index is 0.0151. The van der Waals surface area contributed by atoms with Gasteiger partial charge in [-0.2, -0.15) is 0 Å². The van der Waals surface area contributed by atoms with Gasteiger partial charge in [0, 0.05) is 12.6 Å². The van der Waals surface area contributed by atoms with Crippen LogP contribution in [0.1, 0.15) is 31.4 Å². The fraction of sp³-hybridized carbons (Fsp3) is 0.562. The highest BCUT2D eigenvalue weighted by Gasteiger charge is 2.30. The monoisotopic (exact) mass is 292 g/mol. The van der Waals surface area contributed by atoms with Crippen LogP contribution >= 0.6 is 0 Å². The van der Waals surface area contributed by atoms with Gasteiger partial charge in [0.1, 0.15) is 11.9 Å². The molecule has 1 saturated carbocycles. The second kappa shape index (κ2) is 6.12. The van der Waals surface area contributed by atoms with Crippen LogP contribution in [0.15, 0.2) is 24.3 Å². The quantitative estimate of drug-likeness (QED) is 0.921. The molecule has 1 aliphatic carbocycles. The standard InChI is InChI=1S/C16H21FN2O2/c1-11-9-19(16(20)8-18-14-6-7-14)10-15(21-11)12-2-4-13(17)5-3-12/h2-5,11,14-15,18H,6-10H2,1H3/t11-,15+/m1/s1. The van der Waals surface area contributed by atoms with E-state index in [0.717, 1.165) is 5.56 Å². The molecule has 2 fully saturated rings. The zero-order valence-corrected chi connectivity index (χ0v) is 12.2. The molecule has 1 aromatic carbocycles. The SMILES string of the molecule is C[C@@H]1CN(C(=O)CNC2CC2)C[C@@H](c2ccc(F)cc2)O1. The summed E-state index contributed by atoms with van der Waals surface area (Å²) < 4.78 is 18.9. The number of benzene rings is 1. The highest BCUT2D eigenvalue weighted by Crippen LogP contribution is 2.25. The van der Waals surface area contributed by atoms with E-state index in [9.17, 15) is 9.18 Å². The fourth-order valence-electron chi connectivity index (χ4n) is 2.65. The number of nitrogens with zero attached hydrogens (tertiary/aromatic N) is 1. The summed E-state index contributed by atoms with van der Waals surface area (Å²) in [6, 6.07) is 6.84. The van der Waals surface area contributed by atoms with E-state index in [1.54, 1.807) is 12.1 Å². The third-order valence-corrected chi connectivity index (χ3v) is 3.97. The lowest BCUT2D eigenvalue weighted by Crippen LogP contribution is -2.48. The molecule has 1 amide bonds. The molecule has 1 aliphatic heterocycles. The molecule has 3 rings (SSSR count). The van der Waals surface area contributed by atoms with Gasteiger partial charge in [-0.1, -0.05) is 12.1 Å². The number of ether oxygens (including phenoxy) is 1. The van der Waals surface area contributed by atoms with Crippen molar-refractivity contribution >= 4 is 5.91 Å². The molecule has 0 aromatic heterocycles. The normalized spacial score (nSPS) is 25.9. The number of carbonyl (C=O) groups excluding carboxylic acids is 1. The molecule has 0 bridgehead atoms. The summed E-state index contributed by atoms with van der Waals surface area (Å²) in [5.41, 5.74) is 0.913. The molecule has 4 nitrogen and oxygen atoms in total. The highest BCUT2D eigenvalue weighted by atomic mass is 19.1. The average molecular weight is 292 g/mol. The maximum Gasteiger partial charge on any atom is 0.236 e. The number of hydrogen-bond donors (Lipinski definition) is 1. The van der Waals surface area contributed by atoms with Crippen molar-refractivity contribution in [1.82, 2.24) is 10.2 Å². The second-order valence-electron chi connectivity index (χ2n) is 5.94. The van der Waals surface area contributed by atoms with Crippen LogP contribution in [0.2, 0.25) is 0 Å². The van der Waals surface area contributed by atoms with Crippen molar-refractivity contribution in [2.24, 2.45) is 0 Å². The van der Waals surface area contributed by atoms with E-state index >= 15 is 0 Å². The molecular formula is C16H21FN2O2. The number of amides is 1. The molecule has 114 valence electrons. The van der Waals surface area contributed by atoms with E-state index in [1.165, 1.54) is 25.0 Å². The molecule has 21 heavy (non-hydrogen) atoms. The molecule has 1 saturated heterocycles. The molecular weight excluding hydrogens is 271 g/mol. The van der Waals surface area contributed by atoms with E-state index < -0.39 is 0 Å². The predicted octanol–water partition coefficient (Wildman–Crippen LogP) is 1.87. The van der Waals surface area contributed by atoms with E-state index in [0.29, 0.717) is 25.7 Å². The Hall–Kier alpha value is -1.46. The van der Waals surface area contributed by atoms with E-state index in [-0.39, 0.29) is 23.9 Å². The summed E-state index contributed by atoms with van der Waals surface area (Å²) in [6.07, 6.45) is 2.15. The Morgan fingerprint density at radius 2 is 2.05 bits per heavy atom. The van der Waals surface area contributed by atoms with Crippen LogP contribution in [-0.2, 0) is 9.53 Å². The van der Waals surface area contributed by atoms with Crippen molar-refractivity contribution in [2.45, 2.75) is 38.0 Å². The Morgan fingerprint density at radius 3 is 2.71 bits per heavy atom. The average Bonchev–Trinajstić information content (AvgIpc) is 3.29. The second-order valence-corrected chi connectivity index (χ2v) is 5.94. The molecule has 1 aromatic rings. The van der Waals surface area contributed by atoms with Gasteiger partial charge in [0.05, 0.1) is 19.2 Å². The Bertz CT molecular complexity index is 502. The van der Waals surface area contributed by atoms with Crippen molar-refractivity contribution < 1.29 is 13.9 Å². The largest absolute Gasteiger partial charge is 0.367 e. The first-order valence-corrected chi connectivity index (χ1v) is 7.54. The predicted molar refractivity (Wildman–Crippen MR) is 77.3 cm³/mol. The van der Waals surface area contributed by atoms with E-state index in [2.05, 4.69) is 5.32 Å². The molecule has 0 unspecified atom stereocenters. The first-order chi connectivity index (χ1) is 10.1. The molecule has 2 aliphatic rings. The third kappa shape index (κ3) is 3.80. The molecule has 1 heterocycles. The molecule has 2 atom stereocenters. The van der Waals surface area contributed by atoms with Crippen LogP contribution in [0.4, 0.5) is 4.39 Å². The summed E-state index contributed by atoms with van der Waals surface area (Å²) in [5.74, 6) is -0.145. The Labute approximate surface area is 124 Å². The maximum absolute atomic E-state index is 13.0. The number of nitrogens with one attached hydrogen (secondary N) is 1. The van der Waals surface area contributed by atoms with Gasteiger partial charge in [-0.3, -0.25) is 4.79 Å². The van der Waals surface area contributed by atoms with Gasteiger partial charge in [0.2, 0.25) is 5.91 Å². The maximum atomic E-state index is 13.0. The number of rotatable bonds is 4. The van der Waals surface area contributed by atoms with Gasteiger partial charge < -0.3 is 15.0 Å². The minimum Gasteiger partial charge on any atom is -0.367 e. The zero-order valence-electron chi connectivity index (χ0n) is 12.2. The molecule has 0 radical (unpaired) electrons. The Kier molecular flexibility index (Phi) is 4.22. The lowest BCUT2D eigenvalue weighted by molar-refractivity contribution is -0.144. The van der Waals surface area contributed by atoms with Crippen LogP contribution in [-0.4, -0.2) is 42.6 Å². The van der Waals surface area contributed by atoms with Crippen LogP contribution in [0.3, 0.4) is 0 Å². The molecule has 5 heteroatoms. The first kappa shape index (κ1) is 14.5. The van der Waals surface area contributed by atoms with Crippen LogP contribution in [0, 0.1) is 5.82 Å². The number of morpholine rings is 1. The lowest BCUT2D eigenvalue weighted by Gasteiger charge is -2.37. The first-order valence-electron chi connectivity index (χ1n) is 7.54. The third-order valence-electron chi connectivity index (χ3n) is 3.97. The van der Waals surface area contributed by atoms with Crippen LogP contribution in [0.5, 0.6) is 0 Å².